The van der Waals surface area contributed by atoms with E-state index in [1.54, 1.807) is 37.3 Å². The molecule has 2 aromatic carbocycles. The van der Waals surface area contributed by atoms with Crippen molar-refractivity contribution < 1.29 is 33.3 Å². The Morgan fingerprint density at radius 3 is 2.56 bits per heavy atom. The van der Waals surface area contributed by atoms with E-state index in [1.165, 1.54) is 35.1 Å². The van der Waals surface area contributed by atoms with Crippen molar-refractivity contribution in [2.75, 3.05) is 26.9 Å². The van der Waals surface area contributed by atoms with E-state index in [0.717, 1.165) is 6.42 Å². The van der Waals surface area contributed by atoms with Crippen LogP contribution in [-0.4, -0.2) is 48.5 Å². The number of hydrogen-bond acceptors (Lipinski definition) is 9. The van der Waals surface area contributed by atoms with Crippen molar-refractivity contribution in [1.29, 1.82) is 0 Å². The molecule has 1 atom stereocenters. The molecule has 11 heteroatoms. The normalized spacial score (nSPS) is 14.8. The SMILES string of the molecule is CCCOc1ccccc1[C@@H]1C(C(=O)OCCOC)=C(C)N=c2s/c(=C/c3ccc(-c4ccc(C(=O)O)cc4)o3)c(=O)n21. The molecule has 5 rings (SSSR count). The number of carboxylic acids is 1. The van der Waals surface area contributed by atoms with E-state index in [0.29, 0.717) is 50.0 Å². The molecule has 0 fully saturated rings. The van der Waals surface area contributed by atoms with Crippen LogP contribution in [0.4, 0.5) is 0 Å². The Morgan fingerprint density at radius 2 is 1.84 bits per heavy atom. The highest BCUT2D eigenvalue weighted by atomic mass is 32.1. The second kappa shape index (κ2) is 13.1. The van der Waals surface area contributed by atoms with Crippen LogP contribution in [0.15, 0.2) is 86.1 Å². The topological polar surface area (TPSA) is 130 Å². The second-order valence-electron chi connectivity index (χ2n) is 9.68. The molecular formula is C32H30N2O8S. The van der Waals surface area contributed by atoms with Gasteiger partial charge in [0.25, 0.3) is 5.56 Å². The Morgan fingerprint density at radius 1 is 1.07 bits per heavy atom. The molecule has 0 aliphatic carbocycles. The van der Waals surface area contributed by atoms with E-state index in [9.17, 15) is 14.4 Å². The van der Waals surface area contributed by atoms with Crippen LogP contribution in [0.25, 0.3) is 17.4 Å². The third-order valence-electron chi connectivity index (χ3n) is 6.75. The maximum Gasteiger partial charge on any atom is 0.338 e. The third-order valence-corrected chi connectivity index (χ3v) is 7.74. The number of esters is 1. The summed E-state index contributed by atoms with van der Waals surface area (Å²) in [6.45, 7) is 4.47. The molecule has 1 aliphatic rings. The molecule has 0 amide bonds. The quantitative estimate of drug-likeness (QED) is 0.200. The standard InChI is InChI=1S/C32H30N2O8S/c1-4-15-40-25-8-6-5-7-23(25)28-27(31(38)41-17-16-39-3)19(2)33-32-34(28)29(35)26(43-32)18-22-13-14-24(42-22)20-9-11-21(12-10-20)30(36)37/h5-14,18,28H,4,15-17H2,1-3H3,(H,36,37)/b26-18+/t28-/m1/s1. The first-order valence-electron chi connectivity index (χ1n) is 13.7. The van der Waals surface area contributed by atoms with Gasteiger partial charge >= 0.3 is 11.9 Å². The van der Waals surface area contributed by atoms with Crippen molar-refractivity contribution in [3.63, 3.8) is 0 Å². The van der Waals surface area contributed by atoms with Gasteiger partial charge in [0.1, 0.15) is 29.9 Å². The number of thiazole rings is 1. The van der Waals surface area contributed by atoms with Crippen molar-refractivity contribution in [3.8, 4) is 17.1 Å². The molecule has 10 nitrogen and oxygen atoms in total. The lowest BCUT2D eigenvalue weighted by molar-refractivity contribution is -0.140. The van der Waals surface area contributed by atoms with Crippen LogP contribution in [0.3, 0.4) is 0 Å². The molecule has 0 saturated heterocycles. The fraction of sp³-hybridized carbons (Fsp3) is 0.250. The highest BCUT2D eigenvalue weighted by Gasteiger charge is 2.35. The predicted octanol–water partition coefficient (Wildman–Crippen LogP) is 4.17. The monoisotopic (exact) mass is 602 g/mol. The molecule has 0 unspecified atom stereocenters. The van der Waals surface area contributed by atoms with Gasteiger partial charge < -0.3 is 23.7 Å². The fourth-order valence-corrected chi connectivity index (χ4v) is 5.74. The van der Waals surface area contributed by atoms with Crippen LogP contribution in [-0.2, 0) is 14.3 Å². The van der Waals surface area contributed by atoms with E-state index in [1.807, 2.05) is 31.2 Å². The number of aromatic carboxylic acids is 1. The van der Waals surface area contributed by atoms with Crippen LogP contribution in [0, 0.1) is 0 Å². The van der Waals surface area contributed by atoms with Crippen LogP contribution in [0.2, 0.25) is 0 Å². The van der Waals surface area contributed by atoms with Crippen LogP contribution < -0.4 is 19.6 Å². The van der Waals surface area contributed by atoms with Crippen molar-refractivity contribution in [2.45, 2.75) is 26.3 Å². The number of rotatable bonds is 11. The fourth-order valence-electron chi connectivity index (χ4n) is 4.71. The zero-order valence-electron chi connectivity index (χ0n) is 23.9. The first-order chi connectivity index (χ1) is 20.8. The number of ether oxygens (including phenoxy) is 3. The van der Waals surface area contributed by atoms with Gasteiger partial charge in [0, 0.05) is 24.3 Å². The van der Waals surface area contributed by atoms with E-state index < -0.39 is 18.0 Å². The lowest BCUT2D eigenvalue weighted by atomic mass is 9.95. The molecule has 222 valence electrons. The maximum absolute atomic E-state index is 14.0. The largest absolute Gasteiger partial charge is 0.493 e. The molecule has 0 radical (unpaired) electrons. The van der Waals surface area contributed by atoms with Gasteiger partial charge in [0.2, 0.25) is 0 Å². The van der Waals surface area contributed by atoms with Gasteiger partial charge in [-0.1, -0.05) is 48.6 Å². The first kappa shape index (κ1) is 29.7. The molecule has 0 saturated carbocycles. The Kier molecular flexibility index (Phi) is 9.03. The zero-order valence-corrected chi connectivity index (χ0v) is 24.7. The van der Waals surface area contributed by atoms with Gasteiger partial charge in [0.15, 0.2) is 4.80 Å². The van der Waals surface area contributed by atoms with E-state index in [2.05, 4.69) is 4.99 Å². The molecule has 1 N–H and O–H groups in total. The summed E-state index contributed by atoms with van der Waals surface area (Å²) in [4.78, 5) is 43.6. The molecule has 2 aromatic heterocycles. The van der Waals surface area contributed by atoms with Crippen LogP contribution >= 0.6 is 11.3 Å². The second-order valence-corrected chi connectivity index (χ2v) is 10.7. The summed E-state index contributed by atoms with van der Waals surface area (Å²) in [6.07, 6.45) is 2.41. The Hall–Kier alpha value is -4.74. The van der Waals surface area contributed by atoms with Gasteiger partial charge in [-0.15, -0.1) is 0 Å². The lowest BCUT2D eigenvalue weighted by Gasteiger charge is -2.26. The Labute approximate surface area is 250 Å². The number of aromatic nitrogens is 1. The highest BCUT2D eigenvalue weighted by molar-refractivity contribution is 7.07. The van der Waals surface area contributed by atoms with Gasteiger partial charge in [-0.3, -0.25) is 9.36 Å². The van der Waals surface area contributed by atoms with Gasteiger partial charge in [-0.25, -0.2) is 14.6 Å². The number of allylic oxidation sites excluding steroid dienone is 1. The number of carbonyl (C=O) groups excluding carboxylic acids is 1. The van der Waals surface area contributed by atoms with E-state index in [-0.39, 0.29) is 29.9 Å². The minimum absolute atomic E-state index is 0.0527. The number of methoxy groups -OCH3 is 1. The molecule has 3 heterocycles. The summed E-state index contributed by atoms with van der Waals surface area (Å²) in [5, 5.41) is 9.16. The van der Waals surface area contributed by atoms with Crippen molar-refractivity contribution in [1.82, 2.24) is 4.57 Å². The number of hydrogen-bond donors (Lipinski definition) is 1. The lowest BCUT2D eigenvalue weighted by Crippen LogP contribution is -2.40. The zero-order chi connectivity index (χ0) is 30.5. The Balaban J connectivity index is 1.59. The molecule has 0 bridgehead atoms. The summed E-state index contributed by atoms with van der Waals surface area (Å²) >= 11 is 1.18. The molecule has 1 aliphatic heterocycles. The first-order valence-corrected chi connectivity index (χ1v) is 14.5. The number of fused-ring (bicyclic) bond motifs is 1. The average molecular weight is 603 g/mol. The molecule has 43 heavy (non-hydrogen) atoms. The van der Waals surface area contributed by atoms with E-state index in [4.69, 9.17) is 23.7 Å². The van der Waals surface area contributed by atoms with Crippen LogP contribution in [0.1, 0.15) is 48.0 Å². The van der Waals surface area contributed by atoms with Gasteiger partial charge in [0.05, 0.1) is 34.6 Å². The summed E-state index contributed by atoms with van der Waals surface area (Å²) in [7, 11) is 1.52. The van der Waals surface area contributed by atoms with E-state index >= 15 is 0 Å². The number of para-hydroxylation sites is 1. The minimum Gasteiger partial charge on any atom is -0.493 e. The summed E-state index contributed by atoms with van der Waals surface area (Å²) in [6, 6.07) is 16.3. The minimum atomic E-state index is -1.01. The molecule has 0 spiro atoms. The maximum atomic E-state index is 14.0. The number of nitrogens with zero attached hydrogens (tertiary/aromatic N) is 2. The van der Waals surface area contributed by atoms with Crippen molar-refractivity contribution in [2.24, 2.45) is 4.99 Å². The summed E-state index contributed by atoms with van der Waals surface area (Å²) < 4.78 is 24.4. The van der Waals surface area contributed by atoms with Gasteiger partial charge in [-0.05, 0) is 43.7 Å². The third kappa shape index (κ3) is 6.23. The van der Waals surface area contributed by atoms with Crippen LogP contribution in [0.5, 0.6) is 5.75 Å². The smallest absolute Gasteiger partial charge is 0.338 e. The number of carbonyl (C=O) groups is 2. The average Bonchev–Trinajstić information content (AvgIpc) is 3.59. The molecule has 4 aromatic rings. The number of furan rings is 1. The number of benzene rings is 2. The van der Waals surface area contributed by atoms with Crippen molar-refractivity contribution >= 4 is 29.4 Å². The van der Waals surface area contributed by atoms with Gasteiger partial charge in [-0.2, -0.15) is 0 Å². The Bertz CT molecular complexity index is 1860. The summed E-state index contributed by atoms with van der Waals surface area (Å²) in [5.41, 5.74) is 1.84. The molecular weight excluding hydrogens is 572 g/mol. The highest BCUT2D eigenvalue weighted by Crippen LogP contribution is 2.36. The van der Waals surface area contributed by atoms with Crippen molar-refractivity contribution in [3.05, 3.63) is 109 Å². The predicted molar refractivity (Wildman–Crippen MR) is 160 cm³/mol. The number of carboxylic acid groups (broad SMARTS) is 1. The summed E-state index contributed by atoms with van der Waals surface area (Å²) in [5.74, 6) is -0.0899.